The van der Waals surface area contributed by atoms with Gasteiger partial charge in [-0.1, -0.05) is 17.7 Å². The molecule has 0 radical (unpaired) electrons. The van der Waals surface area contributed by atoms with Crippen LogP contribution in [0.25, 0.3) is 0 Å². The number of rotatable bonds is 6. The summed E-state index contributed by atoms with van der Waals surface area (Å²) in [4.78, 5) is 12.9. The quantitative estimate of drug-likeness (QED) is 0.635. The molecule has 0 aliphatic rings. The summed E-state index contributed by atoms with van der Waals surface area (Å²) >= 11 is 1.76. The van der Waals surface area contributed by atoms with Gasteiger partial charge in [0, 0.05) is 10.6 Å². The summed E-state index contributed by atoms with van der Waals surface area (Å²) in [5, 5.41) is 3.04. The van der Waals surface area contributed by atoms with Crippen LogP contribution in [0.2, 0.25) is 0 Å². The Morgan fingerprint density at radius 1 is 1.50 bits per heavy atom. The minimum atomic E-state index is -0.606. The van der Waals surface area contributed by atoms with Crippen molar-refractivity contribution in [3.05, 3.63) is 29.8 Å². The summed E-state index contributed by atoms with van der Waals surface area (Å²) in [7, 11) is 3.21. The topological polar surface area (TPSA) is 38.3 Å². The molecule has 1 unspecified atom stereocenters. The zero-order chi connectivity index (χ0) is 13.6. The van der Waals surface area contributed by atoms with Gasteiger partial charge in [0.05, 0.1) is 7.11 Å². The van der Waals surface area contributed by atoms with Crippen LogP contribution < -0.4 is 5.32 Å². The number of esters is 1. The fraction of sp³-hybridized carbons (Fsp3) is 0.500. The Hall–Kier alpha value is -1.00. The van der Waals surface area contributed by atoms with Crippen LogP contribution in [0.1, 0.15) is 18.9 Å². The molecule has 4 heteroatoms. The first-order valence-corrected chi connectivity index (χ1v) is 6.97. The number of ether oxygens (including phenoxy) is 1. The van der Waals surface area contributed by atoms with Crippen molar-refractivity contribution < 1.29 is 9.53 Å². The van der Waals surface area contributed by atoms with Crippen molar-refractivity contribution in [1.29, 1.82) is 0 Å². The van der Waals surface area contributed by atoms with E-state index in [0.29, 0.717) is 0 Å². The molecule has 18 heavy (non-hydrogen) atoms. The molecule has 3 nitrogen and oxygen atoms in total. The lowest BCUT2D eigenvalue weighted by molar-refractivity contribution is -0.147. The number of hydrogen-bond donors (Lipinski definition) is 1. The highest BCUT2D eigenvalue weighted by Gasteiger charge is 2.31. The van der Waals surface area contributed by atoms with Crippen LogP contribution in [0, 0.1) is 6.92 Å². The van der Waals surface area contributed by atoms with Crippen molar-refractivity contribution >= 4 is 17.7 Å². The number of benzene rings is 1. The standard InChI is InChI=1S/C14H21NO2S/c1-11-6-5-7-12(10-11)18-9-8-14(2,15-3)13(16)17-4/h5-7,10,15H,8-9H2,1-4H3. The van der Waals surface area contributed by atoms with Crippen LogP contribution in [0.15, 0.2) is 29.2 Å². The van der Waals surface area contributed by atoms with Crippen LogP contribution >= 0.6 is 11.8 Å². The Balaban J connectivity index is 2.52. The minimum absolute atomic E-state index is 0.213. The fourth-order valence-electron chi connectivity index (χ4n) is 1.63. The third-order valence-electron chi connectivity index (χ3n) is 3.05. The SMILES string of the molecule is CNC(C)(CCSc1cccc(C)c1)C(=O)OC. The normalized spacial score (nSPS) is 14.0. The Bertz CT molecular complexity index is 409. The first-order valence-electron chi connectivity index (χ1n) is 5.98. The lowest BCUT2D eigenvalue weighted by Crippen LogP contribution is -2.48. The van der Waals surface area contributed by atoms with Gasteiger partial charge in [0.25, 0.3) is 0 Å². The first kappa shape index (κ1) is 15.1. The molecule has 0 amide bonds. The van der Waals surface area contributed by atoms with Gasteiger partial charge in [-0.2, -0.15) is 0 Å². The second-order valence-electron chi connectivity index (χ2n) is 4.49. The zero-order valence-electron chi connectivity index (χ0n) is 11.4. The van der Waals surface area contributed by atoms with Crippen LogP contribution in [0.5, 0.6) is 0 Å². The minimum Gasteiger partial charge on any atom is -0.468 e. The van der Waals surface area contributed by atoms with E-state index in [0.717, 1.165) is 12.2 Å². The molecule has 1 aromatic carbocycles. The lowest BCUT2D eigenvalue weighted by atomic mass is 10.00. The van der Waals surface area contributed by atoms with Gasteiger partial charge >= 0.3 is 5.97 Å². The molecule has 1 aromatic rings. The zero-order valence-corrected chi connectivity index (χ0v) is 12.3. The number of aryl methyl sites for hydroxylation is 1. The average molecular weight is 267 g/mol. The molecule has 0 bridgehead atoms. The molecule has 0 heterocycles. The van der Waals surface area contributed by atoms with Crippen molar-refractivity contribution in [2.24, 2.45) is 0 Å². The smallest absolute Gasteiger partial charge is 0.325 e. The van der Waals surface area contributed by atoms with Crippen LogP contribution in [0.4, 0.5) is 0 Å². The summed E-state index contributed by atoms with van der Waals surface area (Å²) in [6.07, 6.45) is 0.731. The van der Waals surface area contributed by atoms with Gasteiger partial charge in [-0.15, -0.1) is 11.8 Å². The summed E-state index contributed by atoms with van der Waals surface area (Å²) in [5.41, 5.74) is 0.648. The molecule has 0 fully saturated rings. The fourth-order valence-corrected chi connectivity index (χ4v) is 2.82. The number of nitrogens with one attached hydrogen (secondary N) is 1. The highest BCUT2D eigenvalue weighted by Crippen LogP contribution is 2.23. The van der Waals surface area contributed by atoms with Crippen molar-refractivity contribution in [1.82, 2.24) is 5.32 Å². The molecule has 1 N–H and O–H groups in total. The molecule has 1 rings (SSSR count). The molecular weight excluding hydrogens is 246 g/mol. The maximum absolute atomic E-state index is 11.7. The molecule has 100 valence electrons. The van der Waals surface area contributed by atoms with E-state index in [1.165, 1.54) is 17.6 Å². The van der Waals surface area contributed by atoms with Gasteiger partial charge in [0.2, 0.25) is 0 Å². The Labute approximate surface area is 113 Å². The third kappa shape index (κ3) is 4.03. The highest BCUT2D eigenvalue weighted by molar-refractivity contribution is 7.99. The molecule has 0 aromatic heterocycles. The van der Waals surface area contributed by atoms with Crippen LogP contribution in [-0.2, 0) is 9.53 Å². The number of carbonyl (C=O) groups is 1. The Morgan fingerprint density at radius 2 is 2.22 bits per heavy atom. The molecule has 0 saturated carbocycles. The lowest BCUT2D eigenvalue weighted by Gasteiger charge is -2.25. The van der Waals surface area contributed by atoms with E-state index in [-0.39, 0.29) is 5.97 Å². The second kappa shape index (κ2) is 6.81. The van der Waals surface area contributed by atoms with Gasteiger partial charge < -0.3 is 10.1 Å². The predicted molar refractivity (Wildman–Crippen MR) is 76.0 cm³/mol. The van der Waals surface area contributed by atoms with Crippen molar-refractivity contribution in [2.75, 3.05) is 19.9 Å². The largest absolute Gasteiger partial charge is 0.468 e. The Morgan fingerprint density at radius 3 is 2.78 bits per heavy atom. The first-order chi connectivity index (χ1) is 8.51. The van der Waals surface area contributed by atoms with Crippen LogP contribution in [0.3, 0.4) is 0 Å². The van der Waals surface area contributed by atoms with Gasteiger partial charge in [-0.3, -0.25) is 4.79 Å². The molecule has 0 spiro atoms. The summed E-state index contributed by atoms with van der Waals surface area (Å²) in [6, 6.07) is 8.37. The van der Waals surface area contributed by atoms with E-state index in [1.807, 2.05) is 6.92 Å². The van der Waals surface area contributed by atoms with Crippen molar-refractivity contribution in [2.45, 2.75) is 30.7 Å². The molecule has 1 atom stereocenters. The van der Waals surface area contributed by atoms with Gasteiger partial charge in [0.15, 0.2) is 0 Å². The van der Waals surface area contributed by atoms with E-state index in [2.05, 4.69) is 36.5 Å². The van der Waals surface area contributed by atoms with E-state index in [1.54, 1.807) is 18.8 Å². The maximum Gasteiger partial charge on any atom is 0.325 e. The molecule has 0 saturated heterocycles. The summed E-state index contributed by atoms with van der Waals surface area (Å²) in [6.45, 7) is 3.95. The Kier molecular flexibility index (Phi) is 5.69. The van der Waals surface area contributed by atoms with Gasteiger partial charge in [-0.25, -0.2) is 0 Å². The number of methoxy groups -OCH3 is 1. The number of thioether (sulfide) groups is 1. The van der Waals surface area contributed by atoms with E-state index in [9.17, 15) is 4.79 Å². The number of likely N-dealkylation sites (N-methyl/N-ethyl adjacent to an activating group) is 1. The van der Waals surface area contributed by atoms with E-state index in [4.69, 9.17) is 4.74 Å². The maximum atomic E-state index is 11.7. The van der Waals surface area contributed by atoms with Crippen molar-refractivity contribution in [3.8, 4) is 0 Å². The second-order valence-corrected chi connectivity index (χ2v) is 5.66. The molecule has 0 aliphatic heterocycles. The molecule has 0 aliphatic carbocycles. The summed E-state index contributed by atoms with van der Waals surface area (Å²) < 4.78 is 4.82. The molecular formula is C14H21NO2S. The van der Waals surface area contributed by atoms with E-state index < -0.39 is 5.54 Å². The van der Waals surface area contributed by atoms with Gasteiger partial charge in [-0.05, 0) is 39.4 Å². The van der Waals surface area contributed by atoms with Crippen LogP contribution in [-0.4, -0.2) is 31.4 Å². The number of carbonyl (C=O) groups excluding carboxylic acids is 1. The van der Waals surface area contributed by atoms with Crippen molar-refractivity contribution in [3.63, 3.8) is 0 Å². The third-order valence-corrected chi connectivity index (χ3v) is 4.04. The highest BCUT2D eigenvalue weighted by atomic mass is 32.2. The monoisotopic (exact) mass is 267 g/mol. The summed E-state index contributed by atoms with van der Waals surface area (Å²) in [5.74, 6) is 0.658. The average Bonchev–Trinajstić information content (AvgIpc) is 2.37. The van der Waals surface area contributed by atoms with Gasteiger partial charge in [0.1, 0.15) is 5.54 Å². The predicted octanol–water partition coefficient (Wildman–Crippen LogP) is 2.63. The van der Waals surface area contributed by atoms with E-state index >= 15 is 0 Å². The number of hydrogen-bond acceptors (Lipinski definition) is 4.